The van der Waals surface area contributed by atoms with E-state index in [2.05, 4.69) is 17.2 Å². The van der Waals surface area contributed by atoms with E-state index in [0.29, 0.717) is 12.5 Å². The second-order valence-electron chi connectivity index (χ2n) is 3.70. The van der Waals surface area contributed by atoms with Gasteiger partial charge in [0.25, 0.3) is 0 Å². The first-order chi connectivity index (χ1) is 6.24. The first-order valence-electron chi connectivity index (χ1n) is 4.97. The van der Waals surface area contributed by atoms with Crippen molar-refractivity contribution in [2.75, 3.05) is 13.1 Å². The van der Waals surface area contributed by atoms with Crippen LogP contribution in [0.2, 0.25) is 0 Å². The van der Waals surface area contributed by atoms with Gasteiger partial charge in [-0.15, -0.1) is 0 Å². The summed E-state index contributed by atoms with van der Waals surface area (Å²) < 4.78 is 0. The number of likely N-dealkylation sites (tertiary alicyclic amines) is 1. The maximum atomic E-state index is 10.9. The lowest BCUT2D eigenvalue weighted by Gasteiger charge is -2.32. The Morgan fingerprint density at radius 1 is 1.62 bits per heavy atom. The minimum absolute atomic E-state index is 0.0715. The normalized spacial score (nSPS) is 24.3. The van der Waals surface area contributed by atoms with Gasteiger partial charge < -0.3 is 4.90 Å². The molecule has 0 spiro atoms. The number of carbonyl (C=O) groups excluding carboxylic acids is 1. The molecule has 13 heavy (non-hydrogen) atoms. The summed E-state index contributed by atoms with van der Waals surface area (Å²) >= 11 is 0. The summed E-state index contributed by atoms with van der Waals surface area (Å²) in [5, 5.41) is 0. The Balaban J connectivity index is 2.22. The van der Waals surface area contributed by atoms with Crippen LogP contribution in [0, 0.1) is 0 Å². The molecule has 0 saturated carbocycles. The molecule has 76 valence electrons. The van der Waals surface area contributed by atoms with Gasteiger partial charge in [0.15, 0.2) is 0 Å². The first kappa shape index (κ1) is 10.5. The van der Waals surface area contributed by atoms with Crippen molar-refractivity contribution in [1.82, 2.24) is 10.3 Å². The second-order valence-corrected chi connectivity index (χ2v) is 3.70. The molecule has 0 aliphatic carbocycles. The van der Waals surface area contributed by atoms with E-state index in [0.717, 1.165) is 13.1 Å². The summed E-state index contributed by atoms with van der Waals surface area (Å²) in [7, 11) is 0. The number of nitrogens with two attached hydrogens (primary N) is 1. The molecule has 1 fully saturated rings. The molecule has 1 heterocycles. The topological polar surface area (TPSA) is 58.4 Å². The van der Waals surface area contributed by atoms with Crippen LogP contribution in [0.1, 0.15) is 32.6 Å². The van der Waals surface area contributed by atoms with E-state index < -0.39 is 0 Å². The maximum absolute atomic E-state index is 10.9. The Bertz CT molecular complexity index is 172. The molecule has 4 heteroatoms. The molecule has 4 nitrogen and oxygen atoms in total. The van der Waals surface area contributed by atoms with Crippen LogP contribution in [0.25, 0.3) is 0 Å². The van der Waals surface area contributed by atoms with Crippen molar-refractivity contribution < 1.29 is 4.79 Å². The minimum atomic E-state index is -0.0715. The van der Waals surface area contributed by atoms with Crippen LogP contribution in [0.15, 0.2) is 0 Å². The molecule has 1 atom stereocenters. The summed E-state index contributed by atoms with van der Waals surface area (Å²) in [5.41, 5.74) is 2.15. The van der Waals surface area contributed by atoms with Crippen LogP contribution >= 0.6 is 0 Å². The Kier molecular flexibility index (Phi) is 4.18. The standard InChI is InChI=1S/C9H19N3O/c1-8-4-2-3-6-12(8)7-5-9(13)11-10/h8H,2-7,10H2,1H3,(H,11,13). The number of piperidine rings is 1. The highest BCUT2D eigenvalue weighted by Gasteiger charge is 2.18. The van der Waals surface area contributed by atoms with Gasteiger partial charge in [-0.1, -0.05) is 6.42 Å². The lowest BCUT2D eigenvalue weighted by molar-refractivity contribution is -0.121. The molecule has 1 aliphatic heterocycles. The number of carbonyl (C=O) groups is 1. The second kappa shape index (κ2) is 5.19. The predicted octanol–water partition coefficient (Wildman–Crippen LogP) is 0.241. The van der Waals surface area contributed by atoms with Gasteiger partial charge in [0, 0.05) is 19.0 Å². The Morgan fingerprint density at radius 3 is 3.00 bits per heavy atom. The van der Waals surface area contributed by atoms with E-state index in [1.165, 1.54) is 19.3 Å². The van der Waals surface area contributed by atoms with Crippen molar-refractivity contribution in [2.24, 2.45) is 5.84 Å². The molecule has 0 aromatic rings. The molecule has 1 saturated heterocycles. The highest BCUT2D eigenvalue weighted by molar-refractivity contribution is 5.75. The van der Waals surface area contributed by atoms with E-state index >= 15 is 0 Å². The summed E-state index contributed by atoms with van der Waals surface area (Å²) in [6, 6.07) is 0.624. The summed E-state index contributed by atoms with van der Waals surface area (Å²) in [6.07, 6.45) is 4.35. The van der Waals surface area contributed by atoms with Gasteiger partial charge in [-0.05, 0) is 26.3 Å². The third-order valence-electron chi connectivity index (χ3n) is 2.73. The van der Waals surface area contributed by atoms with Crippen molar-refractivity contribution in [3.8, 4) is 0 Å². The quantitative estimate of drug-likeness (QED) is 0.376. The Hall–Kier alpha value is -0.610. The van der Waals surface area contributed by atoms with Crippen molar-refractivity contribution in [3.05, 3.63) is 0 Å². The molecule has 0 aromatic heterocycles. The Labute approximate surface area is 79.4 Å². The van der Waals surface area contributed by atoms with Crippen LogP contribution < -0.4 is 11.3 Å². The molecule has 1 unspecified atom stereocenters. The van der Waals surface area contributed by atoms with E-state index in [1.807, 2.05) is 0 Å². The molecule has 1 amide bonds. The molecule has 1 rings (SSSR count). The lowest BCUT2D eigenvalue weighted by atomic mass is 10.0. The number of amides is 1. The number of rotatable bonds is 3. The van der Waals surface area contributed by atoms with Crippen LogP contribution in [0.4, 0.5) is 0 Å². The number of nitrogens with zero attached hydrogens (tertiary/aromatic N) is 1. The fraction of sp³-hybridized carbons (Fsp3) is 0.889. The fourth-order valence-electron chi connectivity index (χ4n) is 1.81. The van der Waals surface area contributed by atoms with Crippen LogP contribution in [0.3, 0.4) is 0 Å². The molecule has 0 radical (unpaired) electrons. The van der Waals surface area contributed by atoms with Crippen LogP contribution in [-0.4, -0.2) is 29.9 Å². The van der Waals surface area contributed by atoms with Gasteiger partial charge >= 0.3 is 0 Å². The Morgan fingerprint density at radius 2 is 2.38 bits per heavy atom. The van der Waals surface area contributed by atoms with Gasteiger partial charge in [-0.2, -0.15) is 0 Å². The first-order valence-corrected chi connectivity index (χ1v) is 4.97. The largest absolute Gasteiger partial charge is 0.300 e. The zero-order chi connectivity index (χ0) is 9.68. The highest BCUT2D eigenvalue weighted by atomic mass is 16.2. The molecule has 3 N–H and O–H groups in total. The molecular formula is C9H19N3O. The molecule has 1 aliphatic rings. The van der Waals surface area contributed by atoms with Crippen LogP contribution in [0.5, 0.6) is 0 Å². The molecule has 0 aromatic carbocycles. The van der Waals surface area contributed by atoms with Gasteiger partial charge in [0.05, 0.1) is 0 Å². The van der Waals surface area contributed by atoms with Crippen LogP contribution in [-0.2, 0) is 4.79 Å². The molecule has 0 bridgehead atoms. The number of nitrogens with one attached hydrogen (secondary N) is 1. The van der Waals surface area contributed by atoms with Crippen molar-refractivity contribution in [3.63, 3.8) is 0 Å². The average molecular weight is 185 g/mol. The van der Waals surface area contributed by atoms with Crippen molar-refractivity contribution >= 4 is 5.91 Å². The maximum Gasteiger partial charge on any atom is 0.235 e. The van der Waals surface area contributed by atoms with Gasteiger partial charge in [0.2, 0.25) is 5.91 Å². The predicted molar refractivity (Wildman–Crippen MR) is 51.8 cm³/mol. The van der Waals surface area contributed by atoms with Gasteiger partial charge in [-0.25, -0.2) is 5.84 Å². The lowest BCUT2D eigenvalue weighted by Crippen LogP contribution is -2.40. The third-order valence-corrected chi connectivity index (χ3v) is 2.73. The van der Waals surface area contributed by atoms with E-state index in [1.54, 1.807) is 0 Å². The zero-order valence-electron chi connectivity index (χ0n) is 8.25. The average Bonchev–Trinajstić information content (AvgIpc) is 2.16. The SMILES string of the molecule is CC1CCCCN1CCC(=O)NN. The van der Waals surface area contributed by atoms with Crippen molar-refractivity contribution in [2.45, 2.75) is 38.6 Å². The summed E-state index contributed by atoms with van der Waals surface area (Å²) in [5.74, 6) is 4.93. The monoisotopic (exact) mass is 185 g/mol. The minimum Gasteiger partial charge on any atom is -0.300 e. The number of hydrogen-bond acceptors (Lipinski definition) is 3. The van der Waals surface area contributed by atoms with E-state index in [-0.39, 0.29) is 5.91 Å². The zero-order valence-corrected chi connectivity index (χ0v) is 8.25. The fourth-order valence-corrected chi connectivity index (χ4v) is 1.81. The molecular weight excluding hydrogens is 166 g/mol. The van der Waals surface area contributed by atoms with E-state index in [4.69, 9.17) is 5.84 Å². The smallest absolute Gasteiger partial charge is 0.235 e. The van der Waals surface area contributed by atoms with Crippen molar-refractivity contribution in [1.29, 1.82) is 0 Å². The van der Waals surface area contributed by atoms with E-state index in [9.17, 15) is 4.79 Å². The number of hydrogen-bond donors (Lipinski definition) is 2. The van der Waals surface area contributed by atoms with Gasteiger partial charge in [0.1, 0.15) is 0 Å². The third kappa shape index (κ3) is 3.32. The summed E-state index contributed by atoms with van der Waals surface area (Å²) in [4.78, 5) is 13.3. The summed E-state index contributed by atoms with van der Waals surface area (Å²) in [6.45, 7) is 4.18. The van der Waals surface area contributed by atoms with Gasteiger partial charge in [-0.3, -0.25) is 10.2 Å². The highest BCUT2D eigenvalue weighted by Crippen LogP contribution is 2.15. The number of hydrazine groups is 1.